The summed E-state index contributed by atoms with van der Waals surface area (Å²) in [5.41, 5.74) is 9.86. The Kier molecular flexibility index (Phi) is 4.98. The van der Waals surface area contributed by atoms with Crippen molar-refractivity contribution in [2.24, 2.45) is 10.8 Å². The number of nitrogens with zero attached hydrogens (tertiary/aromatic N) is 2. The van der Waals surface area contributed by atoms with Crippen molar-refractivity contribution < 1.29 is 14.3 Å². The number of amides is 2. The van der Waals surface area contributed by atoms with E-state index in [2.05, 4.69) is 10.5 Å². The summed E-state index contributed by atoms with van der Waals surface area (Å²) < 4.78 is 6.86. The van der Waals surface area contributed by atoms with E-state index in [0.29, 0.717) is 11.3 Å². The molecule has 3 N–H and O–H groups in total. The van der Waals surface area contributed by atoms with Crippen molar-refractivity contribution in [1.29, 1.82) is 0 Å². The van der Waals surface area contributed by atoms with Crippen molar-refractivity contribution in [2.45, 2.75) is 6.54 Å². The second-order valence-electron chi connectivity index (χ2n) is 5.63. The fraction of sp³-hybridized carbons (Fsp3) is 0.105. The Bertz CT molecular complexity index is 991. The molecule has 2 amide bonds. The highest BCUT2D eigenvalue weighted by molar-refractivity contribution is 6.01. The highest BCUT2D eigenvalue weighted by atomic mass is 16.5. The molecule has 1 heterocycles. The first kappa shape index (κ1) is 17.2. The lowest BCUT2D eigenvalue weighted by Crippen LogP contribution is -2.18. The van der Waals surface area contributed by atoms with Gasteiger partial charge < -0.3 is 15.0 Å². The standard InChI is InChI=1S/C19H18N4O3/c1-26-15-6-4-5-13(9-15)19(25)22-21-10-14-11-23(12-18(20)24)17-8-3-2-7-16(14)17/h2-11H,12H2,1H3,(H2,20,24)(H,22,25)/b21-10-. The molecule has 0 aliphatic heterocycles. The lowest BCUT2D eigenvalue weighted by molar-refractivity contribution is -0.118. The summed E-state index contributed by atoms with van der Waals surface area (Å²) in [4.78, 5) is 23.4. The van der Waals surface area contributed by atoms with Crippen LogP contribution in [0.2, 0.25) is 0 Å². The Labute approximate surface area is 150 Å². The van der Waals surface area contributed by atoms with Gasteiger partial charge in [0.2, 0.25) is 5.91 Å². The molecule has 0 saturated heterocycles. The molecule has 0 aliphatic rings. The number of benzene rings is 2. The fourth-order valence-corrected chi connectivity index (χ4v) is 2.67. The topological polar surface area (TPSA) is 98.7 Å². The zero-order valence-electron chi connectivity index (χ0n) is 14.2. The van der Waals surface area contributed by atoms with Gasteiger partial charge >= 0.3 is 0 Å². The van der Waals surface area contributed by atoms with Gasteiger partial charge in [-0.15, -0.1) is 0 Å². The zero-order chi connectivity index (χ0) is 18.5. The second-order valence-corrected chi connectivity index (χ2v) is 5.63. The van der Waals surface area contributed by atoms with Crippen LogP contribution in [0.5, 0.6) is 5.75 Å². The number of carbonyl (C=O) groups is 2. The first-order chi connectivity index (χ1) is 12.6. The number of ether oxygens (including phenoxy) is 1. The monoisotopic (exact) mass is 350 g/mol. The van der Waals surface area contributed by atoms with Gasteiger partial charge in [0.1, 0.15) is 12.3 Å². The summed E-state index contributed by atoms with van der Waals surface area (Å²) in [6.45, 7) is 0.0739. The van der Waals surface area contributed by atoms with Crippen LogP contribution in [0.3, 0.4) is 0 Å². The molecule has 2 aromatic carbocycles. The van der Waals surface area contributed by atoms with Crippen LogP contribution in [0.15, 0.2) is 59.8 Å². The van der Waals surface area contributed by atoms with Gasteiger partial charge in [0, 0.05) is 28.2 Å². The van der Waals surface area contributed by atoms with Crippen molar-refractivity contribution in [3.63, 3.8) is 0 Å². The quantitative estimate of drug-likeness (QED) is 0.525. The van der Waals surface area contributed by atoms with Gasteiger partial charge in [-0.25, -0.2) is 5.43 Å². The van der Waals surface area contributed by atoms with E-state index < -0.39 is 5.91 Å². The molecule has 0 fully saturated rings. The minimum atomic E-state index is -0.430. The average Bonchev–Trinajstić information content (AvgIpc) is 2.99. The van der Waals surface area contributed by atoms with Crippen molar-refractivity contribution in [3.05, 3.63) is 65.9 Å². The molecule has 132 valence electrons. The van der Waals surface area contributed by atoms with Gasteiger partial charge in [-0.3, -0.25) is 9.59 Å². The van der Waals surface area contributed by atoms with Gasteiger partial charge in [-0.1, -0.05) is 24.3 Å². The molecule has 3 rings (SSSR count). The van der Waals surface area contributed by atoms with Crippen LogP contribution < -0.4 is 15.9 Å². The van der Waals surface area contributed by atoms with Crippen LogP contribution in [0.4, 0.5) is 0 Å². The number of carbonyl (C=O) groups excluding carboxylic acids is 2. The predicted molar refractivity (Wildman–Crippen MR) is 99.2 cm³/mol. The molecule has 0 saturated carbocycles. The third-order valence-corrected chi connectivity index (χ3v) is 3.85. The van der Waals surface area contributed by atoms with Gasteiger partial charge in [0.25, 0.3) is 5.91 Å². The lowest BCUT2D eigenvalue weighted by Gasteiger charge is -2.02. The van der Waals surface area contributed by atoms with Gasteiger partial charge in [0.15, 0.2) is 0 Å². The molecule has 3 aromatic rings. The number of hydrogen-bond donors (Lipinski definition) is 2. The molecule has 26 heavy (non-hydrogen) atoms. The maximum Gasteiger partial charge on any atom is 0.271 e. The molecule has 0 bridgehead atoms. The molecule has 0 spiro atoms. The SMILES string of the molecule is COc1cccc(C(=O)N/N=C\c2cn(CC(N)=O)c3ccccc23)c1. The second kappa shape index (κ2) is 7.52. The Morgan fingerprint density at radius 2 is 2.04 bits per heavy atom. The summed E-state index contributed by atoms with van der Waals surface area (Å²) in [6, 6.07) is 14.4. The van der Waals surface area contributed by atoms with Crippen LogP contribution in [0.1, 0.15) is 15.9 Å². The molecular weight excluding hydrogens is 332 g/mol. The summed E-state index contributed by atoms with van der Waals surface area (Å²) in [5.74, 6) is -0.183. The minimum absolute atomic E-state index is 0.0739. The van der Waals surface area contributed by atoms with E-state index in [4.69, 9.17) is 10.5 Å². The highest BCUT2D eigenvalue weighted by Gasteiger charge is 2.09. The number of rotatable bonds is 6. The predicted octanol–water partition coefficient (Wildman–Crippen LogP) is 1.90. The molecular formula is C19H18N4O3. The number of primary amides is 1. The van der Waals surface area contributed by atoms with E-state index in [1.165, 1.54) is 13.3 Å². The van der Waals surface area contributed by atoms with Crippen LogP contribution in [0.25, 0.3) is 10.9 Å². The number of hydrogen-bond acceptors (Lipinski definition) is 4. The van der Waals surface area contributed by atoms with E-state index in [9.17, 15) is 9.59 Å². The molecule has 0 unspecified atom stereocenters. The lowest BCUT2D eigenvalue weighted by atomic mass is 10.2. The summed E-state index contributed by atoms with van der Waals surface area (Å²) in [5, 5.41) is 4.93. The normalized spacial score (nSPS) is 11.0. The van der Waals surface area contributed by atoms with E-state index in [0.717, 1.165) is 16.5 Å². The number of fused-ring (bicyclic) bond motifs is 1. The number of methoxy groups -OCH3 is 1. The van der Waals surface area contributed by atoms with Crippen LogP contribution in [-0.2, 0) is 11.3 Å². The number of aromatic nitrogens is 1. The largest absolute Gasteiger partial charge is 0.497 e. The Hall–Kier alpha value is -3.61. The maximum absolute atomic E-state index is 12.2. The maximum atomic E-state index is 12.2. The summed E-state index contributed by atoms with van der Waals surface area (Å²) in [6.07, 6.45) is 3.31. The van der Waals surface area contributed by atoms with E-state index in [1.807, 2.05) is 24.3 Å². The first-order valence-corrected chi connectivity index (χ1v) is 7.92. The van der Waals surface area contributed by atoms with E-state index in [-0.39, 0.29) is 12.5 Å². The smallest absolute Gasteiger partial charge is 0.271 e. The minimum Gasteiger partial charge on any atom is -0.497 e. The zero-order valence-corrected chi connectivity index (χ0v) is 14.2. The molecule has 1 aromatic heterocycles. The molecule has 0 aliphatic carbocycles. The van der Waals surface area contributed by atoms with E-state index >= 15 is 0 Å². The highest BCUT2D eigenvalue weighted by Crippen LogP contribution is 2.19. The van der Waals surface area contributed by atoms with Crippen molar-refractivity contribution in [3.8, 4) is 5.75 Å². The Morgan fingerprint density at radius 1 is 1.23 bits per heavy atom. The molecule has 0 atom stereocenters. The third-order valence-electron chi connectivity index (χ3n) is 3.85. The van der Waals surface area contributed by atoms with Gasteiger partial charge in [-0.05, 0) is 24.3 Å². The third kappa shape index (κ3) is 3.72. The average molecular weight is 350 g/mol. The fourth-order valence-electron chi connectivity index (χ4n) is 2.67. The van der Waals surface area contributed by atoms with Gasteiger partial charge in [-0.2, -0.15) is 5.10 Å². The number of hydrazone groups is 1. The van der Waals surface area contributed by atoms with Crippen LogP contribution in [-0.4, -0.2) is 29.7 Å². The van der Waals surface area contributed by atoms with Crippen molar-refractivity contribution in [1.82, 2.24) is 9.99 Å². The van der Waals surface area contributed by atoms with Crippen LogP contribution >= 0.6 is 0 Å². The Morgan fingerprint density at radius 3 is 2.81 bits per heavy atom. The summed E-state index contributed by atoms with van der Waals surface area (Å²) in [7, 11) is 1.54. The first-order valence-electron chi connectivity index (χ1n) is 7.92. The molecule has 7 nitrogen and oxygen atoms in total. The van der Waals surface area contributed by atoms with E-state index in [1.54, 1.807) is 35.0 Å². The Balaban J connectivity index is 1.80. The number of para-hydroxylation sites is 1. The number of nitrogens with two attached hydrogens (primary N) is 1. The number of nitrogens with one attached hydrogen (secondary N) is 1. The molecule has 0 radical (unpaired) electrons. The van der Waals surface area contributed by atoms with Crippen molar-refractivity contribution in [2.75, 3.05) is 7.11 Å². The van der Waals surface area contributed by atoms with Crippen molar-refractivity contribution >= 4 is 28.9 Å². The van der Waals surface area contributed by atoms with Gasteiger partial charge in [0.05, 0.1) is 13.3 Å². The van der Waals surface area contributed by atoms with Crippen LogP contribution in [0, 0.1) is 0 Å². The molecule has 7 heteroatoms. The summed E-state index contributed by atoms with van der Waals surface area (Å²) >= 11 is 0.